The molecule has 2 aliphatic heterocycles. The first-order valence-corrected chi connectivity index (χ1v) is 11.1. The van der Waals surface area contributed by atoms with E-state index in [1.807, 2.05) is 18.2 Å². The van der Waals surface area contributed by atoms with Crippen molar-refractivity contribution in [2.75, 3.05) is 20.2 Å². The molecule has 0 saturated carbocycles. The fourth-order valence-corrected chi connectivity index (χ4v) is 4.87. The Morgan fingerprint density at radius 2 is 1.48 bits per heavy atom. The van der Waals surface area contributed by atoms with Crippen LogP contribution in [0.25, 0.3) is 11.1 Å². The van der Waals surface area contributed by atoms with E-state index in [0.717, 1.165) is 48.4 Å². The van der Waals surface area contributed by atoms with Gasteiger partial charge in [-0.1, -0.05) is 54.6 Å². The Balaban J connectivity index is 1.51. The zero-order valence-corrected chi connectivity index (χ0v) is 18.0. The standard InChI is InChI=1S/C27H29N2O2/c1-31-25-16-12-23(13-17-25)26-20-27(30,29-19-7-3-6-18-28(26)29)24-14-10-22(11-15-24)21-8-4-2-5-9-21/h2,4-5,8-17,30H,3,6-7,18-20H2,1H3/q+1. The maximum absolute atomic E-state index is 12.0. The minimum Gasteiger partial charge on any atom is -0.497 e. The topological polar surface area (TPSA) is 35.7 Å². The maximum atomic E-state index is 12.0. The van der Waals surface area contributed by atoms with Crippen LogP contribution in [-0.4, -0.2) is 40.7 Å². The third kappa shape index (κ3) is 3.61. The molecule has 3 aromatic rings. The van der Waals surface area contributed by atoms with E-state index in [-0.39, 0.29) is 0 Å². The smallest absolute Gasteiger partial charge is 0.225 e. The zero-order valence-electron chi connectivity index (χ0n) is 18.0. The summed E-state index contributed by atoms with van der Waals surface area (Å²) >= 11 is 0. The van der Waals surface area contributed by atoms with Crippen molar-refractivity contribution < 1.29 is 14.5 Å². The maximum Gasteiger partial charge on any atom is 0.225 e. The number of aliphatic hydroxyl groups is 1. The Labute approximate surface area is 184 Å². The second kappa shape index (κ2) is 8.20. The van der Waals surface area contributed by atoms with E-state index in [2.05, 4.69) is 70.4 Å². The molecule has 5 rings (SSSR count). The summed E-state index contributed by atoms with van der Waals surface area (Å²) < 4.78 is 7.65. The number of ether oxygens (including phenoxy) is 1. The quantitative estimate of drug-likeness (QED) is 0.624. The number of nitrogens with zero attached hydrogens (tertiary/aromatic N) is 2. The highest BCUT2D eigenvalue weighted by Crippen LogP contribution is 2.38. The van der Waals surface area contributed by atoms with Gasteiger partial charge < -0.3 is 9.84 Å². The lowest BCUT2D eigenvalue weighted by molar-refractivity contribution is -0.706. The van der Waals surface area contributed by atoms with E-state index in [0.29, 0.717) is 6.42 Å². The Bertz CT molecular complexity index is 1070. The van der Waals surface area contributed by atoms with Gasteiger partial charge in [-0.2, -0.15) is 0 Å². The molecule has 0 spiro atoms. The fraction of sp³-hybridized carbons (Fsp3) is 0.296. The molecule has 0 bridgehead atoms. The molecule has 4 heteroatoms. The van der Waals surface area contributed by atoms with Crippen molar-refractivity contribution in [3.63, 3.8) is 0 Å². The van der Waals surface area contributed by atoms with Gasteiger partial charge in [0.15, 0.2) is 6.54 Å². The lowest BCUT2D eigenvalue weighted by Gasteiger charge is -2.30. The van der Waals surface area contributed by atoms with Gasteiger partial charge in [0, 0.05) is 17.5 Å². The number of fused-ring (bicyclic) bond motifs is 1. The number of hydrazine groups is 1. The van der Waals surface area contributed by atoms with Gasteiger partial charge in [0.2, 0.25) is 11.4 Å². The Morgan fingerprint density at radius 3 is 2.19 bits per heavy atom. The van der Waals surface area contributed by atoms with Gasteiger partial charge in [-0.25, -0.2) is 0 Å². The molecule has 1 atom stereocenters. The molecule has 0 radical (unpaired) electrons. The SMILES string of the molecule is COc1ccc(C2=[N+]3CCCCCN3C(O)(c3ccc(-c4ccccc4)cc3)C2)cc1. The normalized spacial score (nSPS) is 21.0. The molecular weight excluding hydrogens is 384 g/mol. The molecule has 1 N–H and O–H groups in total. The van der Waals surface area contributed by atoms with Gasteiger partial charge in [-0.3, -0.25) is 0 Å². The van der Waals surface area contributed by atoms with Crippen molar-refractivity contribution in [1.29, 1.82) is 0 Å². The van der Waals surface area contributed by atoms with E-state index in [9.17, 15) is 5.11 Å². The second-order valence-corrected chi connectivity index (χ2v) is 8.42. The number of hydrogen-bond donors (Lipinski definition) is 1. The first-order valence-electron chi connectivity index (χ1n) is 11.1. The van der Waals surface area contributed by atoms with Crippen LogP contribution in [0.4, 0.5) is 0 Å². The average Bonchev–Trinajstić information content (AvgIpc) is 2.97. The summed E-state index contributed by atoms with van der Waals surface area (Å²) in [5.74, 6) is 0.849. The first kappa shape index (κ1) is 19.8. The summed E-state index contributed by atoms with van der Waals surface area (Å²) in [7, 11) is 1.69. The monoisotopic (exact) mass is 413 g/mol. The summed E-state index contributed by atoms with van der Waals surface area (Å²) in [5.41, 5.74) is 4.59. The van der Waals surface area contributed by atoms with Gasteiger partial charge in [0.05, 0.1) is 20.1 Å². The molecule has 1 saturated heterocycles. The second-order valence-electron chi connectivity index (χ2n) is 8.42. The van der Waals surface area contributed by atoms with Crippen LogP contribution in [0.1, 0.15) is 36.8 Å². The van der Waals surface area contributed by atoms with Crippen molar-refractivity contribution in [1.82, 2.24) is 5.01 Å². The van der Waals surface area contributed by atoms with E-state index < -0.39 is 5.72 Å². The zero-order chi connectivity index (χ0) is 21.3. The first-order chi connectivity index (χ1) is 15.2. The average molecular weight is 414 g/mol. The highest BCUT2D eigenvalue weighted by Gasteiger charge is 2.52. The van der Waals surface area contributed by atoms with Crippen LogP contribution in [0.5, 0.6) is 5.75 Å². The van der Waals surface area contributed by atoms with Crippen molar-refractivity contribution in [3.8, 4) is 16.9 Å². The predicted molar refractivity (Wildman–Crippen MR) is 123 cm³/mol. The van der Waals surface area contributed by atoms with Crippen LogP contribution in [0.15, 0.2) is 78.9 Å². The van der Waals surface area contributed by atoms with Gasteiger partial charge in [-0.05, 0) is 48.2 Å². The molecule has 0 amide bonds. The van der Waals surface area contributed by atoms with Crippen LogP contribution in [0, 0.1) is 0 Å². The largest absolute Gasteiger partial charge is 0.497 e. The molecule has 1 fully saturated rings. The van der Waals surface area contributed by atoms with Gasteiger partial charge in [0.25, 0.3) is 0 Å². The third-order valence-electron chi connectivity index (χ3n) is 6.56. The lowest BCUT2D eigenvalue weighted by Crippen LogP contribution is -2.46. The van der Waals surface area contributed by atoms with Crippen molar-refractivity contribution in [2.45, 2.75) is 31.4 Å². The Kier molecular flexibility index (Phi) is 5.24. The van der Waals surface area contributed by atoms with E-state index in [4.69, 9.17) is 4.74 Å². The van der Waals surface area contributed by atoms with E-state index in [1.54, 1.807) is 7.11 Å². The van der Waals surface area contributed by atoms with Crippen molar-refractivity contribution in [3.05, 3.63) is 90.0 Å². The van der Waals surface area contributed by atoms with E-state index >= 15 is 0 Å². The van der Waals surface area contributed by atoms with Gasteiger partial charge in [-0.15, -0.1) is 9.69 Å². The number of hydrogen-bond acceptors (Lipinski definition) is 3. The van der Waals surface area contributed by atoms with Gasteiger partial charge >= 0.3 is 0 Å². The van der Waals surface area contributed by atoms with Crippen molar-refractivity contribution in [2.24, 2.45) is 0 Å². The highest BCUT2D eigenvalue weighted by atomic mass is 16.5. The third-order valence-corrected chi connectivity index (χ3v) is 6.56. The molecule has 0 aliphatic carbocycles. The molecule has 4 nitrogen and oxygen atoms in total. The molecule has 1 unspecified atom stereocenters. The summed E-state index contributed by atoms with van der Waals surface area (Å²) in [6, 6.07) is 27.0. The molecule has 2 heterocycles. The Morgan fingerprint density at radius 1 is 0.806 bits per heavy atom. The molecule has 158 valence electrons. The van der Waals surface area contributed by atoms with Gasteiger partial charge in [0.1, 0.15) is 5.75 Å². The minimum atomic E-state index is -1.03. The van der Waals surface area contributed by atoms with Crippen LogP contribution in [0.3, 0.4) is 0 Å². The highest BCUT2D eigenvalue weighted by molar-refractivity contribution is 5.98. The molecular formula is C27H29N2O2+. The van der Waals surface area contributed by atoms with Crippen LogP contribution < -0.4 is 4.74 Å². The number of hydrazone groups is 1. The van der Waals surface area contributed by atoms with Crippen LogP contribution >= 0.6 is 0 Å². The number of methoxy groups -OCH3 is 1. The number of rotatable bonds is 4. The minimum absolute atomic E-state index is 0.573. The van der Waals surface area contributed by atoms with Crippen LogP contribution in [-0.2, 0) is 5.72 Å². The molecule has 31 heavy (non-hydrogen) atoms. The van der Waals surface area contributed by atoms with E-state index in [1.165, 1.54) is 17.7 Å². The van der Waals surface area contributed by atoms with Crippen LogP contribution in [0.2, 0.25) is 0 Å². The summed E-state index contributed by atoms with van der Waals surface area (Å²) in [6.45, 7) is 1.79. The summed E-state index contributed by atoms with van der Waals surface area (Å²) in [4.78, 5) is 0. The summed E-state index contributed by atoms with van der Waals surface area (Å²) in [6.07, 6.45) is 3.99. The number of benzene rings is 3. The molecule has 0 aromatic heterocycles. The Hall–Kier alpha value is -3.11. The molecule has 2 aliphatic rings. The lowest BCUT2D eigenvalue weighted by atomic mass is 9.93. The molecule has 3 aromatic carbocycles. The fourth-order valence-electron chi connectivity index (χ4n) is 4.87. The predicted octanol–water partition coefficient (Wildman–Crippen LogP) is 4.81. The van der Waals surface area contributed by atoms with Crippen molar-refractivity contribution >= 4 is 5.71 Å². The summed E-state index contributed by atoms with van der Waals surface area (Å²) in [5, 5.41) is 14.2.